The van der Waals surface area contributed by atoms with E-state index in [1.54, 1.807) is 30.3 Å². The second-order valence-corrected chi connectivity index (χ2v) is 10.5. The van der Waals surface area contributed by atoms with Gasteiger partial charge >= 0.3 is 5.97 Å². The van der Waals surface area contributed by atoms with Crippen molar-refractivity contribution in [3.05, 3.63) is 59.7 Å². The summed E-state index contributed by atoms with van der Waals surface area (Å²) >= 11 is 7.36. The molecule has 2 aromatic rings. The fourth-order valence-electron chi connectivity index (χ4n) is 5.32. The first kappa shape index (κ1) is 21.3. The lowest BCUT2D eigenvalue weighted by atomic mass is 9.81. The van der Waals surface area contributed by atoms with E-state index in [4.69, 9.17) is 5.11 Å². The van der Waals surface area contributed by atoms with Crippen molar-refractivity contribution in [3.63, 3.8) is 0 Å². The quantitative estimate of drug-likeness (QED) is 0.435. The summed E-state index contributed by atoms with van der Waals surface area (Å²) in [5.41, 5.74) is 1.03. The van der Waals surface area contributed by atoms with Gasteiger partial charge in [-0.3, -0.25) is 19.3 Å². The van der Waals surface area contributed by atoms with E-state index in [0.717, 1.165) is 6.42 Å². The average molecular weight is 562 g/mol. The molecule has 3 amide bonds. The topological polar surface area (TPSA) is 104 Å². The Morgan fingerprint density at radius 1 is 0.906 bits per heavy atom. The maximum Gasteiger partial charge on any atom is 0.335 e. The van der Waals surface area contributed by atoms with Crippen LogP contribution in [-0.4, -0.2) is 38.5 Å². The van der Waals surface area contributed by atoms with Crippen molar-refractivity contribution in [2.75, 3.05) is 10.2 Å². The lowest BCUT2D eigenvalue weighted by Crippen LogP contribution is -2.37. The Labute approximate surface area is 200 Å². The lowest BCUT2D eigenvalue weighted by molar-refractivity contribution is -0.123. The van der Waals surface area contributed by atoms with Gasteiger partial charge in [-0.15, -0.1) is 0 Å². The second kappa shape index (κ2) is 7.81. The number of aromatic carboxylic acids is 1. The van der Waals surface area contributed by atoms with Crippen molar-refractivity contribution < 1.29 is 24.3 Å². The summed E-state index contributed by atoms with van der Waals surface area (Å²) in [7, 11) is 0. The Hall–Kier alpha value is -2.52. The minimum Gasteiger partial charge on any atom is -0.478 e. The largest absolute Gasteiger partial charge is 0.478 e. The number of nitrogens with zero attached hydrogens (tertiary/aromatic N) is 1. The summed E-state index contributed by atoms with van der Waals surface area (Å²) < 4.78 is 0. The van der Waals surface area contributed by atoms with E-state index >= 15 is 0 Å². The second-order valence-electron chi connectivity index (χ2n) is 8.41. The highest BCUT2D eigenvalue weighted by atomic mass is 79.9. The average Bonchev–Trinajstić information content (AvgIpc) is 3.38. The molecular weight excluding hydrogens is 544 g/mol. The zero-order chi connectivity index (χ0) is 22.7. The summed E-state index contributed by atoms with van der Waals surface area (Å²) in [5.74, 6) is -2.40. The van der Waals surface area contributed by atoms with Crippen molar-refractivity contribution in [3.8, 4) is 0 Å². The molecule has 2 aliphatic carbocycles. The standard InChI is InChI=1S/C23H18Br2N2O5/c24-18-14-9-15(19(18)25)17-16(14)21(29)27(22(17)30)13-6-2-3-10(8-13)20(28)26-12-5-1-4-11(7-12)23(31)32/h1-8,14-19H,9H2,(H,26,28)(H,31,32)/t14-,15-,16-,17-,18+,19+/m1/s1. The number of benzene rings is 2. The van der Waals surface area contributed by atoms with Crippen LogP contribution in [0, 0.1) is 23.7 Å². The number of imide groups is 1. The van der Waals surface area contributed by atoms with Crippen LogP contribution in [0.1, 0.15) is 27.1 Å². The van der Waals surface area contributed by atoms with Crippen molar-refractivity contribution in [1.29, 1.82) is 0 Å². The number of hydrogen-bond acceptors (Lipinski definition) is 4. The van der Waals surface area contributed by atoms with E-state index in [-0.39, 0.29) is 56.3 Å². The van der Waals surface area contributed by atoms with Gasteiger partial charge in [0.05, 0.1) is 23.1 Å². The zero-order valence-corrected chi connectivity index (χ0v) is 19.7. The van der Waals surface area contributed by atoms with Gasteiger partial charge in [0.15, 0.2) is 0 Å². The Morgan fingerprint density at radius 2 is 1.50 bits per heavy atom. The maximum absolute atomic E-state index is 13.2. The minimum atomic E-state index is -1.09. The molecule has 1 heterocycles. The SMILES string of the molecule is O=C(O)c1cccc(NC(=O)c2cccc(N3C(=O)[C@@H]4[C@H]5C[C@@H]([C@H](Br)[C@H]5Br)[C@H]4C3=O)c2)c1. The molecule has 1 aliphatic heterocycles. The highest BCUT2D eigenvalue weighted by molar-refractivity contribution is 9.12. The number of amides is 3. The Bertz CT molecular complexity index is 1140. The van der Waals surface area contributed by atoms with Crippen molar-refractivity contribution in [2.45, 2.75) is 16.1 Å². The number of carbonyl (C=O) groups excluding carboxylic acids is 3. The number of carbonyl (C=O) groups is 4. The number of halogens is 2. The van der Waals surface area contributed by atoms with E-state index in [1.165, 1.54) is 23.1 Å². The van der Waals surface area contributed by atoms with Crippen LogP contribution in [-0.2, 0) is 9.59 Å². The smallest absolute Gasteiger partial charge is 0.335 e. The van der Waals surface area contributed by atoms with Gasteiger partial charge in [-0.2, -0.15) is 0 Å². The molecule has 2 N–H and O–H groups in total. The van der Waals surface area contributed by atoms with Gasteiger partial charge in [0.1, 0.15) is 0 Å². The van der Waals surface area contributed by atoms with Crippen LogP contribution in [0.25, 0.3) is 0 Å². The number of carboxylic acid groups (broad SMARTS) is 1. The van der Waals surface area contributed by atoms with Crippen LogP contribution in [0.15, 0.2) is 48.5 Å². The molecule has 6 atom stereocenters. The van der Waals surface area contributed by atoms with Gasteiger partial charge in [-0.25, -0.2) is 4.79 Å². The van der Waals surface area contributed by atoms with Crippen molar-refractivity contribution >= 4 is 66.9 Å². The van der Waals surface area contributed by atoms with E-state index in [1.807, 2.05) is 0 Å². The van der Waals surface area contributed by atoms with Gasteiger partial charge in [0.2, 0.25) is 11.8 Å². The minimum absolute atomic E-state index is 0.0566. The molecule has 0 radical (unpaired) electrons. The summed E-state index contributed by atoms with van der Waals surface area (Å²) in [6, 6.07) is 12.3. The molecular formula is C23H18Br2N2O5. The highest BCUT2D eigenvalue weighted by Crippen LogP contribution is 2.60. The Morgan fingerprint density at radius 3 is 2.12 bits per heavy atom. The number of alkyl halides is 2. The summed E-state index contributed by atoms with van der Waals surface area (Å²) in [5, 5.41) is 11.8. The third-order valence-corrected chi connectivity index (χ3v) is 9.93. The molecule has 5 rings (SSSR count). The van der Waals surface area contributed by atoms with Crippen molar-refractivity contribution in [2.24, 2.45) is 23.7 Å². The molecule has 0 aromatic heterocycles. The summed E-state index contributed by atoms with van der Waals surface area (Å²) in [4.78, 5) is 51.9. The molecule has 7 nitrogen and oxygen atoms in total. The van der Waals surface area contributed by atoms with E-state index < -0.39 is 11.9 Å². The third-order valence-electron chi connectivity index (χ3n) is 6.72. The first-order valence-electron chi connectivity index (χ1n) is 10.2. The Kier molecular flexibility index (Phi) is 5.21. The van der Waals surface area contributed by atoms with E-state index in [0.29, 0.717) is 11.4 Å². The van der Waals surface area contributed by atoms with E-state index in [9.17, 15) is 19.2 Å². The van der Waals surface area contributed by atoms with Gasteiger partial charge in [0.25, 0.3) is 5.91 Å². The number of rotatable bonds is 4. The normalized spacial score (nSPS) is 30.5. The molecule has 0 unspecified atom stereocenters. The van der Waals surface area contributed by atoms with Crippen molar-refractivity contribution in [1.82, 2.24) is 0 Å². The molecule has 32 heavy (non-hydrogen) atoms. The fraction of sp³-hybridized carbons (Fsp3) is 0.304. The van der Waals surface area contributed by atoms with Gasteiger partial charge in [0, 0.05) is 20.9 Å². The molecule has 3 aliphatic rings. The number of fused-ring (bicyclic) bond motifs is 5. The van der Waals surface area contributed by atoms with Crippen LogP contribution in [0.2, 0.25) is 0 Å². The predicted molar refractivity (Wildman–Crippen MR) is 124 cm³/mol. The zero-order valence-electron chi connectivity index (χ0n) is 16.6. The molecule has 9 heteroatoms. The lowest BCUT2D eigenvalue weighted by Gasteiger charge is -2.28. The van der Waals surface area contributed by atoms with Crippen LogP contribution >= 0.6 is 31.9 Å². The molecule has 0 spiro atoms. The number of hydrogen-bond donors (Lipinski definition) is 2. The molecule has 2 aromatic carbocycles. The summed E-state index contributed by atoms with van der Waals surface area (Å²) in [6.45, 7) is 0. The van der Waals surface area contributed by atoms with Crippen LogP contribution in [0.4, 0.5) is 11.4 Å². The maximum atomic E-state index is 13.2. The van der Waals surface area contributed by atoms with Crippen LogP contribution in [0.3, 0.4) is 0 Å². The van der Waals surface area contributed by atoms with Gasteiger partial charge in [-0.1, -0.05) is 44.0 Å². The molecule has 2 saturated carbocycles. The van der Waals surface area contributed by atoms with Gasteiger partial charge in [-0.05, 0) is 54.7 Å². The monoisotopic (exact) mass is 560 g/mol. The molecule has 1 saturated heterocycles. The molecule has 3 fully saturated rings. The van der Waals surface area contributed by atoms with Crippen LogP contribution < -0.4 is 10.2 Å². The van der Waals surface area contributed by atoms with Crippen LogP contribution in [0.5, 0.6) is 0 Å². The fourth-order valence-corrected chi connectivity index (χ4v) is 7.20. The number of anilines is 2. The first-order chi connectivity index (χ1) is 15.3. The Balaban J connectivity index is 1.39. The number of nitrogens with one attached hydrogen (secondary N) is 1. The summed E-state index contributed by atoms with van der Waals surface area (Å²) in [6.07, 6.45) is 0.852. The van der Waals surface area contributed by atoms with E-state index in [2.05, 4.69) is 37.2 Å². The van der Waals surface area contributed by atoms with Gasteiger partial charge < -0.3 is 10.4 Å². The number of carboxylic acids is 1. The molecule has 2 bridgehead atoms. The molecule has 164 valence electrons. The first-order valence-corrected chi connectivity index (χ1v) is 12.0. The predicted octanol–water partition coefficient (Wildman–Crippen LogP) is 3.92. The third kappa shape index (κ3) is 3.21. The highest BCUT2D eigenvalue weighted by Gasteiger charge is 2.66.